The van der Waals surface area contributed by atoms with Gasteiger partial charge in [-0.25, -0.2) is 0 Å². The number of carbonyl (C=O) groups excluding carboxylic acids is 1. The van der Waals surface area contributed by atoms with Crippen LogP contribution in [-0.2, 0) is 17.9 Å². The zero-order valence-electron chi connectivity index (χ0n) is 14.5. The summed E-state index contributed by atoms with van der Waals surface area (Å²) in [6.45, 7) is 5.18. The van der Waals surface area contributed by atoms with E-state index in [1.54, 1.807) is 11.8 Å². The fourth-order valence-electron chi connectivity index (χ4n) is 3.06. The summed E-state index contributed by atoms with van der Waals surface area (Å²) < 4.78 is 1.34. The average molecular weight is 378 g/mol. The predicted octanol–water partition coefficient (Wildman–Crippen LogP) is 2.10. The summed E-state index contributed by atoms with van der Waals surface area (Å²) in [5.41, 5.74) is 1.40. The fraction of sp³-hybridized carbons (Fsp3) is 0.412. The van der Waals surface area contributed by atoms with E-state index >= 15 is 0 Å². The molecule has 1 aromatic heterocycles. The lowest BCUT2D eigenvalue weighted by atomic mass is 10.2. The van der Waals surface area contributed by atoms with Crippen LogP contribution in [0.3, 0.4) is 0 Å². The summed E-state index contributed by atoms with van der Waals surface area (Å²) in [6.07, 6.45) is 1.31. The van der Waals surface area contributed by atoms with E-state index < -0.39 is 4.92 Å². The molecule has 0 atom stereocenters. The molecule has 26 heavy (non-hydrogen) atoms. The molecular formula is C17H20ClN5O3. The Bertz CT molecular complexity index is 814. The molecule has 1 aliphatic heterocycles. The Balaban J connectivity index is 1.52. The molecule has 8 nitrogen and oxygen atoms in total. The van der Waals surface area contributed by atoms with E-state index in [4.69, 9.17) is 11.6 Å². The zero-order chi connectivity index (χ0) is 18.7. The maximum atomic E-state index is 12.4. The quantitative estimate of drug-likeness (QED) is 0.588. The number of nitro groups is 1. The first-order valence-corrected chi connectivity index (χ1v) is 8.73. The number of benzene rings is 1. The van der Waals surface area contributed by atoms with E-state index in [1.165, 1.54) is 10.9 Å². The third-order valence-corrected chi connectivity index (χ3v) is 4.67. The smallest absolute Gasteiger partial charge is 0.309 e. The maximum Gasteiger partial charge on any atom is 0.309 e. The number of aromatic nitrogens is 2. The topological polar surface area (TPSA) is 84.5 Å². The molecule has 1 amide bonds. The van der Waals surface area contributed by atoms with E-state index in [-0.39, 0.29) is 18.1 Å². The van der Waals surface area contributed by atoms with Crippen LogP contribution >= 0.6 is 11.6 Å². The number of hydrogen-bond acceptors (Lipinski definition) is 5. The van der Waals surface area contributed by atoms with Crippen LogP contribution in [0.5, 0.6) is 0 Å². The van der Waals surface area contributed by atoms with Gasteiger partial charge in [0.1, 0.15) is 18.4 Å². The lowest BCUT2D eigenvalue weighted by Gasteiger charge is -2.34. The van der Waals surface area contributed by atoms with E-state index in [0.29, 0.717) is 18.8 Å². The normalized spacial score (nSPS) is 15.2. The molecular weight excluding hydrogens is 358 g/mol. The molecule has 1 saturated heterocycles. The molecule has 0 radical (unpaired) electrons. The van der Waals surface area contributed by atoms with E-state index in [0.717, 1.165) is 30.2 Å². The molecule has 2 heterocycles. The van der Waals surface area contributed by atoms with Crippen LogP contribution in [0.1, 0.15) is 11.3 Å². The first-order chi connectivity index (χ1) is 12.4. The molecule has 138 valence electrons. The largest absolute Gasteiger partial charge is 0.339 e. The summed E-state index contributed by atoms with van der Waals surface area (Å²) in [7, 11) is 0. The molecule has 0 bridgehead atoms. The number of amides is 1. The SMILES string of the molecule is Cc1nn(CC(=O)N2CCN(Cc3cccc(Cl)c3)CC2)cc1[N+](=O)[O-]. The monoisotopic (exact) mass is 377 g/mol. The average Bonchev–Trinajstić information content (AvgIpc) is 2.96. The zero-order valence-corrected chi connectivity index (χ0v) is 15.2. The first kappa shape index (κ1) is 18.3. The van der Waals surface area contributed by atoms with Crippen molar-refractivity contribution in [2.75, 3.05) is 26.2 Å². The number of nitrogens with zero attached hydrogens (tertiary/aromatic N) is 5. The third kappa shape index (κ3) is 4.39. The van der Waals surface area contributed by atoms with Crippen molar-refractivity contribution in [3.63, 3.8) is 0 Å². The van der Waals surface area contributed by atoms with E-state index in [1.807, 2.05) is 24.3 Å². The molecule has 9 heteroatoms. The van der Waals surface area contributed by atoms with Crippen molar-refractivity contribution in [2.24, 2.45) is 0 Å². The summed E-state index contributed by atoms with van der Waals surface area (Å²) in [4.78, 5) is 26.9. The second-order valence-electron chi connectivity index (χ2n) is 6.34. The van der Waals surface area contributed by atoms with Crippen LogP contribution < -0.4 is 0 Å². The Labute approximate surface area is 156 Å². The Morgan fingerprint density at radius 2 is 2.04 bits per heavy atom. The second kappa shape index (κ2) is 7.84. The van der Waals surface area contributed by atoms with E-state index in [9.17, 15) is 14.9 Å². The summed E-state index contributed by atoms with van der Waals surface area (Å²) >= 11 is 6.01. The van der Waals surface area contributed by atoms with Crippen molar-refractivity contribution in [1.82, 2.24) is 19.6 Å². The summed E-state index contributed by atoms with van der Waals surface area (Å²) in [6, 6.07) is 7.77. The summed E-state index contributed by atoms with van der Waals surface area (Å²) in [5.74, 6) is -0.0789. The van der Waals surface area contributed by atoms with Crippen LogP contribution in [-0.4, -0.2) is 56.6 Å². The molecule has 0 spiro atoms. The number of rotatable bonds is 5. The first-order valence-electron chi connectivity index (χ1n) is 8.35. The number of halogens is 1. The minimum atomic E-state index is -0.488. The van der Waals surface area contributed by atoms with Gasteiger partial charge in [-0.05, 0) is 24.6 Å². The fourth-order valence-corrected chi connectivity index (χ4v) is 3.27. The van der Waals surface area contributed by atoms with Crippen LogP contribution in [0.4, 0.5) is 5.69 Å². The molecule has 2 aromatic rings. The van der Waals surface area contributed by atoms with Crippen LogP contribution in [0, 0.1) is 17.0 Å². The second-order valence-corrected chi connectivity index (χ2v) is 6.78. The van der Waals surface area contributed by atoms with Gasteiger partial charge in [-0.3, -0.25) is 24.5 Å². The number of piperazine rings is 1. The van der Waals surface area contributed by atoms with Crippen LogP contribution in [0.15, 0.2) is 30.5 Å². The Morgan fingerprint density at radius 3 is 2.65 bits per heavy atom. The van der Waals surface area contributed by atoms with Gasteiger partial charge < -0.3 is 4.90 Å². The van der Waals surface area contributed by atoms with Gasteiger partial charge in [0.15, 0.2) is 0 Å². The Kier molecular flexibility index (Phi) is 5.53. The molecule has 0 N–H and O–H groups in total. The van der Waals surface area contributed by atoms with Gasteiger partial charge in [0.25, 0.3) is 0 Å². The molecule has 0 saturated carbocycles. The van der Waals surface area contributed by atoms with Crippen molar-refractivity contribution in [1.29, 1.82) is 0 Å². The minimum absolute atomic E-state index is 0.0168. The molecule has 3 rings (SSSR count). The highest BCUT2D eigenvalue weighted by atomic mass is 35.5. The van der Waals surface area contributed by atoms with Crippen molar-refractivity contribution < 1.29 is 9.72 Å². The molecule has 1 fully saturated rings. The van der Waals surface area contributed by atoms with Gasteiger partial charge in [0, 0.05) is 37.7 Å². The predicted molar refractivity (Wildman–Crippen MR) is 96.9 cm³/mol. The number of aryl methyl sites for hydroxylation is 1. The van der Waals surface area contributed by atoms with Gasteiger partial charge in [0.2, 0.25) is 5.91 Å². The lowest BCUT2D eigenvalue weighted by Crippen LogP contribution is -2.49. The van der Waals surface area contributed by atoms with Crippen molar-refractivity contribution in [3.05, 3.63) is 56.9 Å². The number of hydrogen-bond donors (Lipinski definition) is 0. The lowest BCUT2D eigenvalue weighted by molar-refractivity contribution is -0.385. The van der Waals surface area contributed by atoms with Gasteiger partial charge in [-0.1, -0.05) is 23.7 Å². The Morgan fingerprint density at radius 1 is 1.31 bits per heavy atom. The van der Waals surface area contributed by atoms with Gasteiger partial charge >= 0.3 is 5.69 Å². The minimum Gasteiger partial charge on any atom is -0.339 e. The van der Waals surface area contributed by atoms with Crippen molar-refractivity contribution >= 4 is 23.2 Å². The third-order valence-electron chi connectivity index (χ3n) is 4.43. The van der Waals surface area contributed by atoms with Crippen molar-refractivity contribution in [3.8, 4) is 0 Å². The molecule has 1 aromatic carbocycles. The van der Waals surface area contributed by atoms with Gasteiger partial charge in [-0.2, -0.15) is 5.10 Å². The van der Waals surface area contributed by atoms with Gasteiger partial charge in [0.05, 0.1) is 4.92 Å². The highest BCUT2D eigenvalue weighted by molar-refractivity contribution is 6.30. The van der Waals surface area contributed by atoms with Crippen molar-refractivity contribution in [2.45, 2.75) is 20.0 Å². The van der Waals surface area contributed by atoms with E-state index in [2.05, 4.69) is 10.00 Å². The molecule has 0 aliphatic carbocycles. The Hall–Kier alpha value is -2.45. The highest BCUT2D eigenvalue weighted by Gasteiger charge is 2.23. The van der Waals surface area contributed by atoms with Gasteiger partial charge in [-0.15, -0.1) is 0 Å². The maximum absolute atomic E-state index is 12.4. The molecule has 0 unspecified atom stereocenters. The summed E-state index contributed by atoms with van der Waals surface area (Å²) in [5, 5.41) is 15.6. The molecule has 1 aliphatic rings. The standard InChI is InChI=1S/C17H20ClN5O3/c1-13-16(23(25)26)11-22(19-13)12-17(24)21-7-5-20(6-8-21)10-14-3-2-4-15(18)9-14/h2-4,9,11H,5-8,10,12H2,1H3. The number of carbonyl (C=O) groups is 1. The highest BCUT2D eigenvalue weighted by Crippen LogP contribution is 2.16. The van der Waals surface area contributed by atoms with Crippen LogP contribution in [0.25, 0.3) is 0 Å². The van der Waals surface area contributed by atoms with Crippen LogP contribution in [0.2, 0.25) is 5.02 Å².